The third-order valence-corrected chi connectivity index (χ3v) is 3.84. The van der Waals surface area contributed by atoms with Crippen molar-refractivity contribution in [3.63, 3.8) is 0 Å². The molecule has 1 aromatic carbocycles. The van der Waals surface area contributed by atoms with Crippen molar-refractivity contribution >= 4 is 17.4 Å². The van der Waals surface area contributed by atoms with Crippen LogP contribution in [0.1, 0.15) is 35.2 Å². The summed E-state index contributed by atoms with van der Waals surface area (Å²) >= 11 is 0. The lowest BCUT2D eigenvalue weighted by molar-refractivity contribution is -0.117. The van der Waals surface area contributed by atoms with E-state index < -0.39 is 0 Å². The van der Waals surface area contributed by atoms with Crippen LogP contribution in [-0.2, 0) is 11.8 Å². The van der Waals surface area contributed by atoms with Gasteiger partial charge in [-0.2, -0.15) is 5.10 Å². The molecule has 0 unspecified atom stereocenters. The smallest absolute Gasteiger partial charge is 0.228 e. The van der Waals surface area contributed by atoms with E-state index >= 15 is 0 Å². The number of hydrogen-bond donors (Lipinski definition) is 1. The Balaban J connectivity index is 1.70. The van der Waals surface area contributed by atoms with E-state index in [1.807, 2.05) is 25.5 Å². The van der Waals surface area contributed by atoms with Gasteiger partial charge in [0.25, 0.3) is 0 Å². The zero-order chi connectivity index (χ0) is 15.0. The van der Waals surface area contributed by atoms with E-state index in [1.54, 1.807) is 22.9 Å². The van der Waals surface area contributed by atoms with Crippen molar-refractivity contribution in [2.75, 3.05) is 5.32 Å². The monoisotopic (exact) mass is 283 g/mol. The van der Waals surface area contributed by atoms with Gasteiger partial charge in [-0.1, -0.05) is 12.1 Å². The minimum absolute atomic E-state index is 0.0300. The molecule has 0 bridgehead atoms. The summed E-state index contributed by atoms with van der Waals surface area (Å²) < 4.78 is 1.74. The minimum Gasteiger partial charge on any atom is -0.325 e. The molecule has 108 valence electrons. The molecule has 2 aromatic rings. The first-order chi connectivity index (χ1) is 10.1. The predicted molar refractivity (Wildman–Crippen MR) is 79.1 cm³/mol. The van der Waals surface area contributed by atoms with Crippen LogP contribution in [-0.4, -0.2) is 21.5 Å². The fourth-order valence-electron chi connectivity index (χ4n) is 2.61. The molecule has 2 atom stereocenters. The first-order valence-corrected chi connectivity index (χ1v) is 6.95. The molecule has 1 fully saturated rings. The Kier molecular flexibility index (Phi) is 3.33. The number of carbonyl (C=O) groups is 2. The van der Waals surface area contributed by atoms with Crippen molar-refractivity contribution in [2.45, 2.75) is 19.3 Å². The first kappa shape index (κ1) is 13.5. The van der Waals surface area contributed by atoms with Gasteiger partial charge in [-0.15, -0.1) is 0 Å². The number of aromatic nitrogens is 2. The largest absolute Gasteiger partial charge is 0.325 e. The second-order valence-corrected chi connectivity index (χ2v) is 5.49. The van der Waals surface area contributed by atoms with Crippen LogP contribution in [0.15, 0.2) is 36.7 Å². The lowest BCUT2D eigenvalue weighted by Crippen LogP contribution is -2.16. The number of Topliss-reactive ketones (excluding diaryl/α,β-unsaturated/α-hetero) is 1. The van der Waals surface area contributed by atoms with Gasteiger partial charge in [0.05, 0.1) is 11.9 Å². The summed E-state index contributed by atoms with van der Waals surface area (Å²) in [7, 11) is 1.87. The summed E-state index contributed by atoms with van der Waals surface area (Å²) in [6.45, 7) is 1.50. The van der Waals surface area contributed by atoms with Crippen LogP contribution in [0, 0.1) is 5.92 Å². The number of ketones is 1. The molecule has 1 aliphatic rings. The summed E-state index contributed by atoms with van der Waals surface area (Å²) in [4.78, 5) is 23.8. The molecule has 5 heteroatoms. The highest BCUT2D eigenvalue weighted by molar-refractivity contribution is 6.04. The van der Waals surface area contributed by atoms with Crippen molar-refractivity contribution in [2.24, 2.45) is 13.0 Å². The van der Waals surface area contributed by atoms with Gasteiger partial charge in [0.1, 0.15) is 0 Å². The summed E-state index contributed by atoms with van der Waals surface area (Å²) in [6.07, 6.45) is 4.59. The highest BCUT2D eigenvalue weighted by Crippen LogP contribution is 2.47. The number of rotatable bonds is 4. The van der Waals surface area contributed by atoms with Gasteiger partial charge in [0.15, 0.2) is 5.78 Å². The molecular weight excluding hydrogens is 266 g/mol. The van der Waals surface area contributed by atoms with E-state index in [0.717, 1.165) is 12.0 Å². The third kappa shape index (κ3) is 2.72. The van der Waals surface area contributed by atoms with E-state index in [0.29, 0.717) is 11.3 Å². The Bertz CT molecular complexity index is 705. The maximum Gasteiger partial charge on any atom is 0.228 e. The number of nitrogens with one attached hydrogen (secondary N) is 1. The molecule has 21 heavy (non-hydrogen) atoms. The van der Waals surface area contributed by atoms with Crippen molar-refractivity contribution in [1.82, 2.24) is 9.78 Å². The standard InChI is InChI=1S/C16H17N3O2/c1-10(20)12-5-3-4-6-15(12)18-16(21)14-7-13(14)11-8-17-19(2)9-11/h3-6,8-9,13-14H,7H2,1-2H3,(H,18,21)/t13-,14-/m0/s1. The Morgan fingerprint density at radius 1 is 1.33 bits per heavy atom. The lowest BCUT2D eigenvalue weighted by Gasteiger charge is -2.08. The Morgan fingerprint density at radius 2 is 2.10 bits per heavy atom. The molecule has 0 saturated heterocycles. The normalized spacial score (nSPS) is 20.1. The SMILES string of the molecule is CC(=O)c1ccccc1NC(=O)[C@H]1C[C@H]1c1cnn(C)c1. The molecule has 3 rings (SSSR count). The van der Waals surface area contributed by atoms with E-state index in [-0.39, 0.29) is 23.5 Å². The maximum atomic E-state index is 12.3. The minimum atomic E-state index is -0.0505. The van der Waals surface area contributed by atoms with E-state index in [2.05, 4.69) is 10.4 Å². The maximum absolute atomic E-state index is 12.3. The molecular formula is C16H17N3O2. The topological polar surface area (TPSA) is 64.0 Å². The zero-order valence-electron chi connectivity index (χ0n) is 12.0. The van der Waals surface area contributed by atoms with Crippen molar-refractivity contribution in [1.29, 1.82) is 0 Å². The van der Waals surface area contributed by atoms with Crippen LogP contribution in [0.5, 0.6) is 0 Å². The van der Waals surface area contributed by atoms with Crippen LogP contribution in [0.25, 0.3) is 0 Å². The van der Waals surface area contributed by atoms with Crippen LogP contribution >= 0.6 is 0 Å². The van der Waals surface area contributed by atoms with Crippen LogP contribution in [0.3, 0.4) is 0 Å². The van der Waals surface area contributed by atoms with Crippen molar-refractivity contribution in [3.05, 3.63) is 47.8 Å². The number of hydrogen-bond acceptors (Lipinski definition) is 3. The van der Waals surface area contributed by atoms with Gasteiger partial charge < -0.3 is 5.32 Å². The molecule has 1 saturated carbocycles. The fourth-order valence-corrected chi connectivity index (χ4v) is 2.61. The molecule has 5 nitrogen and oxygen atoms in total. The summed E-state index contributed by atoms with van der Waals surface area (Å²) in [5.74, 6) is 0.125. The van der Waals surface area contributed by atoms with Gasteiger partial charge in [0, 0.05) is 24.7 Å². The summed E-state index contributed by atoms with van der Waals surface area (Å²) in [6, 6.07) is 7.09. The Morgan fingerprint density at radius 3 is 2.76 bits per heavy atom. The third-order valence-electron chi connectivity index (χ3n) is 3.84. The molecule has 1 aliphatic carbocycles. The first-order valence-electron chi connectivity index (χ1n) is 6.95. The number of benzene rings is 1. The van der Waals surface area contributed by atoms with Crippen LogP contribution < -0.4 is 5.32 Å². The molecule has 0 radical (unpaired) electrons. The zero-order valence-corrected chi connectivity index (χ0v) is 12.0. The van der Waals surface area contributed by atoms with E-state index in [9.17, 15) is 9.59 Å². The molecule has 0 spiro atoms. The number of carbonyl (C=O) groups excluding carboxylic acids is 2. The van der Waals surface area contributed by atoms with E-state index in [1.165, 1.54) is 6.92 Å². The highest BCUT2D eigenvalue weighted by Gasteiger charge is 2.44. The number of amides is 1. The molecule has 0 aliphatic heterocycles. The van der Waals surface area contributed by atoms with Gasteiger partial charge in [-0.25, -0.2) is 0 Å². The van der Waals surface area contributed by atoms with Gasteiger partial charge in [0.2, 0.25) is 5.91 Å². The Hall–Kier alpha value is -2.43. The quantitative estimate of drug-likeness (QED) is 0.876. The van der Waals surface area contributed by atoms with Gasteiger partial charge in [-0.05, 0) is 37.0 Å². The van der Waals surface area contributed by atoms with Gasteiger partial charge in [-0.3, -0.25) is 14.3 Å². The van der Waals surface area contributed by atoms with Crippen molar-refractivity contribution < 1.29 is 9.59 Å². The molecule has 1 amide bonds. The fraction of sp³-hybridized carbons (Fsp3) is 0.312. The molecule has 1 aromatic heterocycles. The van der Waals surface area contributed by atoms with Gasteiger partial charge >= 0.3 is 0 Å². The average molecular weight is 283 g/mol. The number of nitrogens with zero attached hydrogens (tertiary/aromatic N) is 2. The number of aryl methyl sites for hydroxylation is 1. The number of para-hydroxylation sites is 1. The number of anilines is 1. The second kappa shape index (κ2) is 5.16. The van der Waals surface area contributed by atoms with Crippen LogP contribution in [0.2, 0.25) is 0 Å². The Labute approximate surface area is 123 Å². The van der Waals surface area contributed by atoms with E-state index in [4.69, 9.17) is 0 Å². The molecule has 1 heterocycles. The summed E-state index contributed by atoms with van der Waals surface area (Å²) in [5, 5.41) is 7.01. The summed E-state index contributed by atoms with van der Waals surface area (Å²) in [5.41, 5.74) is 2.23. The highest BCUT2D eigenvalue weighted by atomic mass is 16.2. The average Bonchev–Trinajstić information content (AvgIpc) is 3.14. The second-order valence-electron chi connectivity index (χ2n) is 5.49. The van der Waals surface area contributed by atoms with Crippen molar-refractivity contribution in [3.8, 4) is 0 Å². The lowest BCUT2D eigenvalue weighted by atomic mass is 10.1. The predicted octanol–water partition coefficient (Wildman–Crippen LogP) is 2.36. The van der Waals surface area contributed by atoms with Crippen LogP contribution in [0.4, 0.5) is 5.69 Å². The molecule has 1 N–H and O–H groups in total.